The van der Waals surface area contributed by atoms with Crippen molar-refractivity contribution in [2.45, 2.75) is 46.5 Å². The number of hydrogen-bond acceptors (Lipinski definition) is 4. The summed E-state index contributed by atoms with van der Waals surface area (Å²) in [6.07, 6.45) is 3.41. The Morgan fingerprint density at radius 3 is 2.53 bits per heavy atom. The first-order valence-corrected chi connectivity index (χ1v) is 6.87. The van der Waals surface area contributed by atoms with Gasteiger partial charge < -0.3 is 21.0 Å². The monoisotopic (exact) mass is 273 g/mol. The van der Waals surface area contributed by atoms with Gasteiger partial charge in [-0.1, -0.05) is 25.4 Å². The standard InChI is InChI=1S/C13H27N3O3/c1-4-6-9-19-10-7-8-15-12(17)13(3,5-2)11(14)16-18/h18H,4-10H2,1-3H3,(H2,14,16)(H,15,17). The van der Waals surface area contributed by atoms with Crippen molar-refractivity contribution in [1.29, 1.82) is 0 Å². The molecular weight excluding hydrogens is 246 g/mol. The van der Waals surface area contributed by atoms with E-state index in [-0.39, 0.29) is 11.7 Å². The molecule has 0 aromatic rings. The van der Waals surface area contributed by atoms with Crippen LogP contribution < -0.4 is 11.1 Å². The fraction of sp³-hybridized carbons (Fsp3) is 0.846. The minimum absolute atomic E-state index is 0.0632. The lowest BCUT2D eigenvalue weighted by atomic mass is 9.85. The van der Waals surface area contributed by atoms with Crippen molar-refractivity contribution in [3.63, 3.8) is 0 Å². The van der Waals surface area contributed by atoms with E-state index in [1.807, 2.05) is 6.92 Å². The molecule has 0 fully saturated rings. The molecule has 19 heavy (non-hydrogen) atoms. The van der Waals surface area contributed by atoms with E-state index >= 15 is 0 Å². The van der Waals surface area contributed by atoms with E-state index in [4.69, 9.17) is 15.7 Å². The Kier molecular flexibility index (Phi) is 8.95. The molecule has 0 aliphatic rings. The second-order valence-electron chi connectivity index (χ2n) is 4.75. The molecule has 6 nitrogen and oxygen atoms in total. The second kappa shape index (κ2) is 9.61. The van der Waals surface area contributed by atoms with E-state index in [2.05, 4.69) is 17.4 Å². The van der Waals surface area contributed by atoms with Crippen LogP contribution in [0.1, 0.15) is 46.5 Å². The summed E-state index contributed by atoms with van der Waals surface area (Å²) < 4.78 is 5.40. The summed E-state index contributed by atoms with van der Waals surface area (Å²) in [7, 11) is 0. The second-order valence-corrected chi connectivity index (χ2v) is 4.75. The summed E-state index contributed by atoms with van der Waals surface area (Å²) in [5.41, 5.74) is 4.60. The predicted molar refractivity (Wildman–Crippen MR) is 75.2 cm³/mol. The number of oxime groups is 1. The van der Waals surface area contributed by atoms with Crippen molar-refractivity contribution in [3.05, 3.63) is 0 Å². The Bertz CT molecular complexity index is 295. The van der Waals surface area contributed by atoms with Crippen LogP contribution in [0.15, 0.2) is 5.16 Å². The Hall–Kier alpha value is -1.30. The zero-order chi connectivity index (χ0) is 14.7. The fourth-order valence-electron chi connectivity index (χ4n) is 1.49. The third-order valence-corrected chi connectivity index (χ3v) is 3.27. The third-order valence-electron chi connectivity index (χ3n) is 3.27. The molecule has 0 aromatic carbocycles. The summed E-state index contributed by atoms with van der Waals surface area (Å²) in [4.78, 5) is 12.0. The molecule has 1 atom stereocenters. The fourth-order valence-corrected chi connectivity index (χ4v) is 1.49. The van der Waals surface area contributed by atoms with Gasteiger partial charge in [0.05, 0.1) is 0 Å². The summed E-state index contributed by atoms with van der Waals surface area (Å²) in [6.45, 7) is 7.52. The van der Waals surface area contributed by atoms with Crippen LogP contribution >= 0.6 is 0 Å². The van der Waals surface area contributed by atoms with Crippen molar-refractivity contribution in [2.24, 2.45) is 16.3 Å². The number of nitrogens with zero attached hydrogens (tertiary/aromatic N) is 1. The molecular formula is C13H27N3O3. The van der Waals surface area contributed by atoms with Crippen LogP contribution in [0.4, 0.5) is 0 Å². The number of rotatable bonds is 10. The molecule has 0 spiro atoms. The number of unbranched alkanes of at least 4 members (excludes halogenated alkanes) is 1. The van der Waals surface area contributed by atoms with Crippen molar-refractivity contribution >= 4 is 11.7 Å². The number of nitrogens with two attached hydrogens (primary N) is 1. The average Bonchev–Trinajstić information content (AvgIpc) is 2.44. The van der Waals surface area contributed by atoms with Crippen LogP contribution in [0.3, 0.4) is 0 Å². The lowest BCUT2D eigenvalue weighted by Crippen LogP contribution is -2.47. The van der Waals surface area contributed by atoms with Gasteiger partial charge in [-0.2, -0.15) is 0 Å². The predicted octanol–water partition coefficient (Wildman–Crippen LogP) is 1.47. The van der Waals surface area contributed by atoms with Gasteiger partial charge in [0, 0.05) is 19.8 Å². The molecule has 0 bridgehead atoms. The Morgan fingerprint density at radius 1 is 1.37 bits per heavy atom. The van der Waals surface area contributed by atoms with Gasteiger partial charge in [-0.3, -0.25) is 4.79 Å². The molecule has 0 aromatic heterocycles. The summed E-state index contributed by atoms with van der Waals surface area (Å²) >= 11 is 0. The first-order chi connectivity index (χ1) is 9.02. The summed E-state index contributed by atoms with van der Waals surface area (Å²) in [6, 6.07) is 0. The zero-order valence-electron chi connectivity index (χ0n) is 12.2. The molecule has 0 rings (SSSR count). The van der Waals surface area contributed by atoms with Gasteiger partial charge in [-0.15, -0.1) is 0 Å². The van der Waals surface area contributed by atoms with Gasteiger partial charge in [0.1, 0.15) is 5.41 Å². The van der Waals surface area contributed by atoms with Gasteiger partial charge in [-0.25, -0.2) is 0 Å². The SMILES string of the molecule is CCCCOCCCNC(=O)C(C)(CC)C(N)=NO. The first-order valence-electron chi connectivity index (χ1n) is 6.87. The van der Waals surface area contributed by atoms with Crippen molar-refractivity contribution < 1.29 is 14.7 Å². The highest BCUT2D eigenvalue weighted by Gasteiger charge is 2.35. The molecule has 6 heteroatoms. The third kappa shape index (κ3) is 5.92. The zero-order valence-corrected chi connectivity index (χ0v) is 12.2. The molecule has 0 radical (unpaired) electrons. The summed E-state index contributed by atoms with van der Waals surface area (Å²) in [5.74, 6) is -0.287. The van der Waals surface area contributed by atoms with Crippen LogP contribution in [-0.2, 0) is 9.53 Å². The van der Waals surface area contributed by atoms with Gasteiger partial charge in [0.15, 0.2) is 5.84 Å². The lowest BCUT2D eigenvalue weighted by molar-refractivity contribution is -0.127. The minimum Gasteiger partial charge on any atom is -0.409 e. The van der Waals surface area contributed by atoms with Gasteiger partial charge in [0.2, 0.25) is 5.91 Å². The molecule has 0 saturated carbocycles. The van der Waals surface area contributed by atoms with E-state index < -0.39 is 5.41 Å². The molecule has 0 heterocycles. The van der Waals surface area contributed by atoms with E-state index in [0.717, 1.165) is 25.9 Å². The maximum atomic E-state index is 12.0. The molecule has 4 N–H and O–H groups in total. The highest BCUT2D eigenvalue weighted by molar-refractivity contribution is 6.06. The number of carbonyl (C=O) groups is 1. The van der Waals surface area contributed by atoms with Gasteiger partial charge in [-0.05, 0) is 26.2 Å². The molecule has 1 unspecified atom stereocenters. The van der Waals surface area contributed by atoms with Crippen LogP contribution in [0.25, 0.3) is 0 Å². The topological polar surface area (TPSA) is 96.9 Å². The smallest absolute Gasteiger partial charge is 0.233 e. The van der Waals surface area contributed by atoms with Crippen molar-refractivity contribution in [3.8, 4) is 0 Å². The van der Waals surface area contributed by atoms with Crippen molar-refractivity contribution in [1.82, 2.24) is 5.32 Å². The number of amides is 1. The van der Waals surface area contributed by atoms with Crippen LogP contribution in [0, 0.1) is 5.41 Å². The highest BCUT2D eigenvalue weighted by atomic mass is 16.5. The number of hydrogen-bond donors (Lipinski definition) is 3. The number of ether oxygens (including phenoxy) is 1. The van der Waals surface area contributed by atoms with Crippen LogP contribution in [0.2, 0.25) is 0 Å². The molecule has 112 valence electrons. The van der Waals surface area contributed by atoms with Crippen LogP contribution in [-0.4, -0.2) is 36.7 Å². The van der Waals surface area contributed by atoms with Crippen LogP contribution in [0.5, 0.6) is 0 Å². The largest absolute Gasteiger partial charge is 0.409 e. The van der Waals surface area contributed by atoms with Crippen molar-refractivity contribution in [2.75, 3.05) is 19.8 Å². The highest BCUT2D eigenvalue weighted by Crippen LogP contribution is 2.21. The first kappa shape index (κ1) is 17.7. The number of nitrogens with one attached hydrogen (secondary N) is 1. The molecule has 0 aliphatic heterocycles. The molecule has 1 amide bonds. The normalized spacial score (nSPS) is 15.0. The Morgan fingerprint density at radius 2 is 2.00 bits per heavy atom. The maximum Gasteiger partial charge on any atom is 0.233 e. The number of amidine groups is 1. The van der Waals surface area contributed by atoms with E-state index in [1.165, 1.54) is 0 Å². The van der Waals surface area contributed by atoms with E-state index in [0.29, 0.717) is 19.6 Å². The Balaban J connectivity index is 3.96. The Labute approximate surface area is 115 Å². The maximum absolute atomic E-state index is 12.0. The molecule has 0 saturated heterocycles. The summed E-state index contributed by atoms with van der Waals surface area (Å²) in [5, 5.41) is 14.4. The van der Waals surface area contributed by atoms with E-state index in [9.17, 15) is 4.79 Å². The minimum atomic E-state index is -0.960. The van der Waals surface area contributed by atoms with Gasteiger partial charge in [0.25, 0.3) is 0 Å². The number of carbonyl (C=O) groups excluding carboxylic acids is 1. The average molecular weight is 273 g/mol. The van der Waals surface area contributed by atoms with E-state index in [1.54, 1.807) is 6.92 Å². The molecule has 0 aliphatic carbocycles. The lowest BCUT2D eigenvalue weighted by Gasteiger charge is -2.25. The quantitative estimate of drug-likeness (QED) is 0.185. The van der Waals surface area contributed by atoms with Gasteiger partial charge >= 0.3 is 0 Å².